The van der Waals surface area contributed by atoms with E-state index >= 15 is 0 Å². The Labute approximate surface area is 220 Å². The lowest BCUT2D eigenvalue weighted by Crippen LogP contribution is -2.36. The Kier molecular flexibility index (Phi) is 7.06. The van der Waals surface area contributed by atoms with E-state index in [0.29, 0.717) is 30.1 Å². The Morgan fingerprint density at radius 3 is 2.81 bits per heavy atom. The van der Waals surface area contributed by atoms with E-state index in [1.54, 1.807) is 24.3 Å². The molecule has 37 heavy (non-hydrogen) atoms. The Morgan fingerprint density at radius 2 is 2.05 bits per heavy atom. The van der Waals surface area contributed by atoms with Crippen molar-refractivity contribution in [1.82, 2.24) is 9.62 Å². The van der Waals surface area contributed by atoms with E-state index < -0.39 is 10.0 Å². The molecule has 2 aliphatic rings. The lowest BCUT2D eigenvalue weighted by atomic mass is 9.94. The first-order valence-corrected chi connectivity index (χ1v) is 14.4. The summed E-state index contributed by atoms with van der Waals surface area (Å²) in [4.78, 5) is 25.0. The maximum absolute atomic E-state index is 13.6. The number of hydrogen-bond donors (Lipinski definition) is 1. The Balaban J connectivity index is 1.50. The Bertz CT molecular complexity index is 1450. The van der Waals surface area contributed by atoms with Gasteiger partial charge in [0.1, 0.15) is 23.4 Å². The summed E-state index contributed by atoms with van der Waals surface area (Å²) in [5.41, 5.74) is 3.63. The molecule has 1 N–H and O–H groups in total. The highest BCUT2D eigenvalue weighted by atomic mass is 32.2. The summed E-state index contributed by atoms with van der Waals surface area (Å²) in [5, 5.41) is 2.82. The number of rotatable bonds is 8. The van der Waals surface area contributed by atoms with Crippen LogP contribution in [0.3, 0.4) is 0 Å². The normalized spacial score (nSPS) is 19.2. The van der Waals surface area contributed by atoms with Crippen molar-refractivity contribution in [3.8, 4) is 5.75 Å². The van der Waals surface area contributed by atoms with Crippen LogP contribution in [0, 0.1) is 6.92 Å². The van der Waals surface area contributed by atoms with Crippen molar-refractivity contribution in [3.05, 3.63) is 80.5 Å². The Hall–Kier alpha value is -3.21. The lowest BCUT2D eigenvalue weighted by Gasteiger charge is -2.24. The predicted octanol–water partition coefficient (Wildman–Crippen LogP) is 3.97. The molecule has 2 aromatic carbocycles. The highest BCUT2D eigenvalue weighted by Gasteiger charge is 2.34. The quantitative estimate of drug-likeness (QED) is 0.434. The molecule has 5 rings (SSSR count). The second kappa shape index (κ2) is 10.3. The number of nitrogens with zero attached hydrogens (tertiary/aromatic N) is 1. The van der Waals surface area contributed by atoms with Crippen LogP contribution < -0.4 is 10.1 Å². The molecule has 0 fully saturated rings. The minimum atomic E-state index is -3.79. The van der Waals surface area contributed by atoms with Crippen LogP contribution in [-0.4, -0.2) is 44.4 Å². The first kappa shape index (κ1) is 25.4. The van der Waals surface area contributed by atoms with E-state index in [1.807, 2.05) is 38.1 Å². The number of hydrogen-bond acceptors (Lipinski definition) is 7. The first-order valence-electron chi connectivity index (χ1n) is 12.1. The summed E-state index contributed by atoms with van der Waals surface area (Å²) in [6.07, 6.45) is 0.400. The van der Waals surface area contributed by atoms with Gasteiger partial charge >= 0.3 is 0 Å². The fourth-order valence-corrected chi connectivity index (χ4v) is 7.53. The molecule has 8 nitrogen and oxygen atoms in total. The first-order chi connectivity index (χ1) is 17.8. The van der Waals surface area contributed by atoms with Gasteiger partial charge in [0, 0.05) is 18.0 Å². The minimum Gasteiger partial charge on any atom is -0.488 e. The molecule has 2 aliphatic heterocycles. The number of carbonyl (C=O) groups excluding carboxylic acids is 2. The number of ether oxygens (including phenoxy) is 2. The van der Waals surface area contributed by atoms with Crippen LogP contribution in [0.15, 0.2) is 53.4 Å². The molecule has 3 aromatic rings. The van der Waals surface area contributed by atoms with Gasteiger partial charge in [-0.05, 0) is 53.8 Å². The number of thiophene rings is 1. The van der Waals surface area contributed by atoms with Crippen LogP contribution in [0.1, 0.15) is 56.1 Å². The van der Waals surface area contributed by atoms with Gasteiger partial charge in [-0.25, -0.2) is 8.42 Å². The van der Waals surface area contributed by atoms with Crippen LogP contribution in [0.25, 0.3) is 0 Å². The zero-order valence-electron chi connectivity index (χ0n) is 20.6. The number of carbonyl (C=O) groups is 2. The number of aryl methyl sites for hydroxylation is 1. The summed E-state index contributed by atoms with van der Waals surface area (Å²) in [6.45, 7) is 5.37. The third-order valence-electron chi connectivity index (χ3n) is 6.89. The van der Waals surface area contributed by atoms with Gasteiger partial charge in [-0.1, -0.05) is 37.3 Å². The van der Waals surface area contributed by atoms with Crippen LogP contribution in [0.5, 0.6) is 5.75 Å². The van der Waals surface area contributed by atoms with Gasteiger partial charge in [0.15, 0.2) is 0 Å². The number of amides is 1. The summed E-state index contributed by atoms with van der Waals surface area (Å²) >= 11 is 1.40. The number of fused-ring (bicyclic) bond motifs is 2. The molecule has 0 saturated carbocycles. The molecule has 194 valence electrons. The van der Waals surface area contributed by atoms with E-state index in [2.05, 4.69) is 5.32 Å². The predicted molar refractivity (Wildman–Crippen MR) is 139 cm³/mol. The summed E-state index contributed by atoms with van der Waals surface area (Å²) in [5.74, 6) is 0.00886. The topological polar surface area (TPSA) is 102 Å². The van der Waals surface area contributed by atoms with Gasteiger partial charge < -0.3 is 14.8 Å². The van der Waals surface area contributed by atoms with Crippen LogP contribution in [-0.2, 0) is 32.6 Å². The van der Waals surface area contributed by atoms with Crippen LogP contribution in [0.4, 0.5) is 0 Å². The van der Waals surface area contributed by atoms with Crippen molar-refractivity contribution in [2.24, 2.45) is 0 Å². The molecule has 1 unspecified atom stereocenters. The zero-order valence-corrected chi connectivity index (χ0v) is 22.2. The molecular formula is C27H28N2O6S2. The maximum atomic E-state index is 13.6. The fraction of sp³-hybridized carbons (Fsp3) is 0.333. The second-order valence-electron chi connectivity index (χ2n) is 9.25. The molecule has 0 spiro atoms. The molecule has 10 heteroatoms. The van der Waals surface area contributed by atoms with Crippen molar-refractivity contribution in [3.63, 3.8) is 0 Å². The maximum Gasteiger partial charge on any atom is 0.293 e. The number of nitrogens with one attached hydrogen (secondary N) is 1. The lowest BCUT2D eigenvalue weighted by molar-refractivity contribution is -0.128. The van der Waals surface area contributed by atoms with E-state index in [4.69, 9.17) is 9.47 Å². The summed E-state index contributed by atoms with van der Waals surface area (Å²) < 4.78 is 40.0. The van der Waals surface area contributed by atoms with E-state index in [0.717, 1.165) is 27.1 Å². The van der Waals surface area contributed by atoms with Crippen LogP contribution >= 0.6 is 11.3 Å². The highest BCUT2D eigenvalue weighted by Crippen LogP contribution is 2.37. The molecule has 3 heterocycles. The standard InChI is InChI=1S/C27H28N2O6S2/c1-3-21-14-29(37(32,33)25-7-5-4-6-23(25)35-21)13-20-10-18(9-8-17(20)2)22(15-34-16-30)24-11-19-12-28-27(31)26(19)36-24/h4-11,16,21-22H,3,12-15H2,1-2H3,(H,28,31)/t21-,22?/m1/s1. The van der Waals surface area contributed by atoms with Crippen LogP contribution in [0.2, 0.25) is 0 Å². The zero-order chi connectivity index (χ0) is 26.2. The van der Waals surface area contributed by atoms with Gasteiger partial charge in [-0.15, -0.1) is 11.3 Å². The fourth-order valence-electron chi connectivity index (χ4n) is 4.75. The number of sulfonamides is 1. The minimum absolute atomic E-state index is 0.0924. The largest absolute Gasteiger partial charge is 0.488 e. The highest BCUT2D eigenvalue weighted by molar-refractivity contribution is 7.89. The average Bonchev–Trinajstić information content (AvgIpc) is 3.43. The van der Waals surface area contributed by atoms with Crippen molar-refractivity contribution >= 4 is 33.7 Å². The van der Waals surface area contributed by atoms with Crippen molar-refractivity contribution < 1.29 is 27.5 Å². The second-order valence-corrected chi connectivity index (χ2v) is 12.2. The molecular weight excluding hydrogens is 512 g/mol. The summed E-state index contributed by atoms with van der Waals surface area (Å²) in [6, 6.07) is 14.6. The van der Waals surface area contributed by atoms with Crippen molar-refractivity contribution in [2.45, 2.75) is 50.3 Å². The molecule has 1 amide bonds. The van der Waals surface area contributed by atoms with Gasteiger partial charge in [0.25, 0.3) is 12.4 Å². The van der Waals surface area contributed by atoms with Gasteiger partial charge in [0.05, 0.1) is 17.3 Å². The van der Waals surface area contributed by atoms with Gasteiger partial charge in [0.2, 0.25) is 10.0 Å². The molecule has 0 saturated heterocycles. The average molecular weight is 541 g/mol. The smallest absolute Gasteiger partial charge is 0.293 e. The molecule has 0 aliphatic carbocycles. The third-order valence-corrected chi connectivity index (χ3v) is 10.0. The summed E-state index contributed by atoms with van der Waals surface area (Å²) in [7, 11) is -3.79. The molecule has 0 bridgehead atoms. The van der Waals surface area contributed by atoms with E-state index in [-0.39, 0.29) is 42.5 Å². The van der Waals surface area contributed by atoms with Crippen molar-refractivity contribution in [2.75, 3.05) is 13.2 Å². The Morgan fingerprint density at radius 1 is 1.24 bits per heavy atom. The van der Waals surface area contributed by atoms with E-state index in [1.165, 1.54) is 15.6 Å². The molecule has 0 radical (unpaired) electrons. The van der Waals surface area contributed by atoms with E-state index in [9.17, 15) is 18.0 Å². The van der Waals surface area contributed by atoms with Crippen molar-refractivity contribution in [1.29, 1.82) is 0 Å². The third kappa shape index (κ3) is 4.88. The van der Waals surface area contributed by atoms with Gasteiger partial charge in [-0.2, -0.15) is 4.31 Å². The number of benzene rings is 2. The SMILES string of the molecule is CC[C@@H]1CN(Cc2cc(C(COC=O)c3cc4c(s3)C(=O)NC4)ccc2C)S(=O)(=O)c2ccccc2O1. The molecule has 2 atom stereocenters. The van der Waals surface area contributed by atoms with Gasteiger partial charge in [-0.3, -0.25) is 9.59 Å². The number of para-hydroxylation sites is 1. The monoisotopic (exact) mass is 540 g/mol. The molecule has 1 aromatic heterocycles.